The van der Waals surface area contributed by atoms with E-state index in [1.807, 2.05) is 36.4 Å². The van der Waals surface area contributed by atoms with Gasteiger partial charge in [0.1, 0.15) is 0 Å². The number of hydrogen-bond donors (Lipinski definition) is 2. The zero-order valence-corrected chi connectivity index (χ0v) is 13.2. The molecule has 0 radical (unpaired) electrons. The molecule has 1 aliphatic rings. The summed E-state index contributed by atoms with van der Waals surface area (Å²) in [5, 5.41) is 2.86. The monoisotopic (exact) mass is 345 g/mol. The molecule has 1 unspecified atom stereocenters. The largest absolute Gasteiger partial charge is 0.323 e. The molecule has 0 aliphatic carbocycles. The molecule has 21 heavy (non-hydrogen) atoms. The lowest BCUT2D eigenvalue weighted by atomic mass is 9.96. The number of nitrogens with one attached hydrogen (secondary N) is 1. The third kappa shape index (κ3) is 2.80. The average Bonchev–Trinajstić information content (AvgIpc) is 2.48. The topological polar surface area (TPSA) is 58.4 Å². The van der Waals surface area contributed by atoms with Crippen LogP contribution in [0.2, 0.25) is 0 Å². The molecule has 2 aromatic carbocycles. The minimum atomic E-state index is -0.175. The predicted octanol–water partition coefficient (Wildman–Crippen LogP) is 3.47. The van der Waals surface area contributed by atoms with Gasteiger partial charge in [-0.2, -0.15) is 0 Å². The number of fused-ring (bicyclic) bond motifs is 1. The fourth-order valence-corrected chi connectivity index (χ4v) is 2.72. The van der Waals surface area contributed by atoms with Gasteiger partial charge in [0, 0.05) is 23.8 Å². The molecular formula is C16H16BrN3O. The van der Waals surface area contributed by atoms with Crippen LogP contribution in [0.5, 0.6) is 0 Å². The number of anilines is 1. The van der Waals surface area contributed by atoms with Gasteiger partial charge in [-0.1, -0.05) is 40.2 Å². The van der Waals surface area contributed by atoms with Crippen molar-refractivity contribution in [1.29, 1.82) is 0 Å². The highest BCUT2D eigenvalue weighted by Gasteiger charge is 2.20. The first-order valence-corrected chi connectivity index (χ1v) is 7.50. The SMILES string of the molecule is CN1Cc2cc(C(N)c3ccc(Br)cc3)ccc2NC1=O. The summed E-state index contributed by atoms with van der Waals surface area (Å²) in [7, 11) is 1.78. The molecular weight excluding hydrogens is 330 g/mol. The Morgan fingerprint density at radius 1 is 1.19 bits per heavy atom. The van der Waals surface area contributed by atoms with Gasteiger partial charge in [-0.05, 0) is 34.9 Å². The van der Waals surface area contributed by atoms with E-state index in [4.69, 9.17) is 5.73 Å². The second-order valence-electron chi connectivity index (χ2n) is 5.23. The van der Waals surface area contributed by atoms with Crippen LogP contribution >= 0.6 is 15.9 Å². The Kier molecular flexibility index (Phi) is 3.69. The van der Waals surface area contributed by atoms with Gasteiger partial charge in [0.05, 0.1) is 6.04 Å². The van der Waals surface area contributed by atoms with E-state index in [9.17, 15) is 4.79 Å². The summed E-state index contributed by atoms with van der Waals surface area (Å²) >= 11 is 3.43. The van der Waals surface area contributed by atoms with Crippen LogP contribution in [-0.4, -0.2) is 18.0 Å². The lowest BCUT2D eigenvalue weighted by Gasteiger charge is -2.27. The van der Waals surface area contributed by atoms with Crippen molar-refractivity contribution in [3.05, 3.63) is 63.6 Å². The van der Waals surface area contributed by atoms with Crippen LogP contribution in [0.4, 0.5) is 10.5 Å². The molecule has 1 atom stereocenters. The van der Waals surface area contributed by atoms with Crippen molar-refractivity contribution in [2.75, 3.05) is 12.4 Å². The maximum atomic E-state index is 11.6. The Bertz CT molecular complexity index is 684. The summed E-state index contributed by atoms with van der Waals surface area (Å²) in [6, 6.07) is 13.7. The Labute approximate surface area is 132 Å². The normalized spacial score (nSPS) is 15.4. The molecule has 2 amide bonds. The van der Waals surface area contributed by atoms with Gasteiger partial charge in [-0.25, -0.2) is 4.79 Å². The van der Waals surface area contributed by atoms with E-state index in [1.165, 1.54) is 0 Å². The lowest BCUT2D eigenvalue weighted by Crippen LogP contribution is -2.35. The Balaban J connectivity index is 1.91. The number of nitrogens with two attached hydrogens (primary N) is 1. The molecule has 0 fully saturated rings. The van der Waals surface area contributed by atoms with Gasteiger partial charge in [-0.15, -0.1) is 0 Å². The summed E-state index contributed by atoms with van der Waals surface area (Å²) in [6.07, 6.45) is 0. The molecule has 2 aromatic rings. The summed E-state index contributed by atoms with van der Waals surface area (Å²) < 4.78 is 1.04. The Morgan fingerprint density at radius 2 is 1.86 bits per heavy atom. The van der Waals surface area contributed by atoms with E-state index in [-0.39, 0.29) is 12.1 Å². The van der Waals surface area contributed by atoms with Gasteiger partial charge < -0.3 is 16.0 Å². The molecule has 0 spiro atoms. The van der Waals surface area contributed by atoms with Crippen molar-refractivity contribution in [2.45, 2.75) is 12.6 Å². The molecule has 0 saturated heterocycles. The first kappa shape index (κ1) is 14.1. The van der Waals surface area contributed by atoms with E-state index < -0.39 is 0 Å². The second-order valence-corrected chi connectivity index (χ2v) is 6.15. The molecule has 5 heteroatoms. The summed E-state index contributed by atoms with van der Waals surface area (Å²) in [5.74, 6) is 0. The van der Waals surface area contributed by atoms with Crippen LogP contribution < -0.4 is 11.1 Å². The van der Waals surface area contributed by atoms with Gasteiger partial charge in [0.2, 0.25) is 0 Å². The number of carbonyl (C=O) groups excluding carboxylic acids is 1. The number of halogens is 1. The molecule has 3 N–H and O–H groups in total. The number of urea groups is 1. The zero-order valence-electron chi connectivity index (χ0n) is 11.6. The van der Waals surface area contributed by atoms with Crippen LogP contribution in [0.1, 0.15) is 22.7 Å². The number of amides is 2. The van der Waals surface area contributed by atoms with Gasteiger partial charge in [0.15, 0.2) is 0 Å². The molecule has 3 rings (SSSR count). The molecule has 108 valence electrons. The lowest BCUT2D eigenvalue weighted by molar-refractivity contribution is 0.218. The van der Waals surface area contributed by atoms with Crippen LogP contribution in [0.25, 0.3) is 0 Å². The van der Waals surface area contributed by atoms with E-state index in [0.29, 0.717) is 6.54 Å². The highest BCUT2D eigenvalue weighted by molar-refractivity contribution is 9.10. The third-order valence-electron chi connectivity index (χ3n) is 3.71. The van der Waals surface area contributed by atoms with Gasteiger partial charge >= 0.3 is 6.03 Å². The van der Waals surface area contributed by atoms with Gasteiger partial charge in [0.25, 0.3) is 0 Å². The van der Waals surface area contributed by atoms with Crippen LogP contribution in [-0.2, 0) is 6.54 Å². The van der Waals surface area contributed by atoms with E-state index in [2.05, 4.69) is 27.3 Å². The molecule has 4 nitrogen and oxygen atoms in total. The van der Waals surface area contributed by atoms with Crippen LogP contribution in [0, 0.1) is 0 Å². The number of hydrogen-bond acceptors (Lipinski definition) is 2. The van der Waals surface area contributed by atoms with Crippen molar-refractivity contribution in [3.8, 4) is 0 Å². The van der Waals surface area contributed by atoms with Crippen LogP contribution in [0.15, 0.2) is 46.9 Å². The van der Waals surface area contributed by atoms with Crippen molar-refractivity contribution in [2.24, 2.45) is 5.73 Å². The van der Waals surface area contributed by atoms with E-state index >= 15 is 0 Å². The van der Waals surface area contributed by atoms with Crippen molar-refractivity contribution in [3.63, 3.8) is 0 Å². The zero-order chi connectivity index (χ0) is 15.0. The molecule has 1 aliphatic heterocycles. The molecule has 1 heterocycles. The first-order chi connectivity index (χ1) is 10.0. The maximum absolute atomic E-state index is 11.6. The fraction of sp³-hybridized carbons (Fsp3) is 0.188. The van der Waals surface area contributed by atoms with E-state index in [0.717, 1.165) is 26.9 Å². The van der Waals surface area contributed by atoms with Crippen molar-refractivity contribution in [1.82, 2.24) is 4.90 Å². The maximum Gasteiger partial charge on any atom is 0.321 e. The minimum Gasteiger partial charge on any atom is -0.323 e. The second kappa shape index (κ2) is 5.50. The minimum absolute atomic E-state index is 0.0764. The smallest absolute Gasteiger partial charge is 0.321 e. The van der Waals surface area contributed by atoms with Crippen molar-refractivity contribution >= 4 is 27.6 Å². The number of nitrogens with zero attached hydrogens (tertiary/aromatic N) is 1. The standard InChI is InChI=1S/C16H16BrN3O/c1-20-9-12-8-11(4-7-14(12)19-16(20)21)15(18)10-2-5-13(17)6-3-10/h2-8,15H,9,18H2,1H3,(H,19,21). The summed E-state index contributed by atoms with van der Waals surface area (Å²) in [4.78, 5) is 13.3. The number of carbonyl (C=O) groups is 1. The molecule has 0 aromatic heterocycles. The fourth-order valence-electron chi connectivity index (χ4n) is 2.46. The number of rotatable bonds is 2. The average molecular weight is 346 g/mol. The van der Waals surface area contributed by atoms with Crippen molar-refractivity contribution < 1.29 is 4.79 Å². The Hall–Kier alpha value is -1.85. The highest BCUT2D eigenvalue weighted by atomic mass is 79.9. The third-order valence-corrected chi connectivity index (χ3v) is 4.24. The molecule has 0 saturated carbocycles. The Morgan fingerprint density at radius 3 is 2.57 bits per heavy atom. The quantitative estimate of drug-likeness (QED) is 0.875. The van der Waals surface area contributed by atoms with Crippen LogP contribution in [0.3, 0.4) is 0 Å². The summed E-state index contributed by atoms with van der Waals surface area (Å²) in [5.41, 5.74) is 10.4. The highest BCUT2D eigenvalue weighted by Crippen LogP contribution is 2.28. The van der Waals surface area contributed by atoms with Gasteiger partial charge in [-0.3, -0.25) is 0 Å². The predicted molar refractivity (Wildman–Crippen MR) is 87.1 cm³/mol. The first-order valence-electron chi connectivity index (χ1n) is 6.70. The van der Waals surface area contributed by atoms with E-state index in [1.54, 1.807) is 11.9 Å². The summed E-state index contributed by atoms with van der Waals surface area (Å²) in [6.45, 7) is 0.599. The molecule has 0 bridgehead atoms. The number of benzene rings is 2.